The lowest BCUT2D eigenvalue weighted by atomic mass is 9.88. The Morgan fingerprint density at radius 2 is 1.73 bits per heavy atom. The van der Waals surface area contributed by atoms with Gasteiger partial charge in [0.15, 0.2) is 0 Å². The Labute approximate surface area is 233 Å². The predicted octanol–water partition coefficient (Wildman–Crippen LogP) is 7.26. The van der Waals surface area contributed by atoms with E-state index in [1.54, 1.807) is 38.1 Å². The highest BCUT2D eigenvalue weighted by Gasteiger charge is 2.45. The lowest BCUT2D eigenvalue weighted by Gasteiger charge is -2.38. The molecule has 2 N–H and O–H groups in total. The van der Waals surface area contributed by atoms with Crippen LogP contribution in [0.15, 0.2) is 48.5 Å². The quantitative estimate of drug-likeness (QED) is 0.298. The first kappa shape index (κ1) is 29.8. The van der Waals surface area contributed by atoms with Gasteiger partial charge in [-0.25, -0.2) is 4.98 Å². The van der Waals surface area contributed by atoms with Crippen molar-refractivity contribution >= 4 is 29.1 Å². The van der Waals surface area contributed by atoms with Crippen molar-refractivity contribution < 1.29 is 45.7 Å². The van der Waals surface area contributed by atoms with Crippen molar-refractivity contribution in [2.24, 2.45) is 0 Å². The van der Waals surface area contributed by atoms with E-state index in [4.69, 9.17) is 27.9 Å². The number of aromatic nitrogens is 1. The van der Waals surface area contributed by atoms with Gasteiger partial charge in [-0.3, -0.25) is 4.79 Å². The van der Waals surface area contributed by atoms with Gasteiger partial charge < -0.3 is 19.9 Å². The van der Waals surface area contributed by atoms with Crippen LogP contribution < -0.4 is 14.8 Å². The molecule has 0 radical (unpaired) electrons. The smallest absolute Gasteiger partial charge is 0.471 e. The van der Waals surface area contributed by atoms with Crippen LogP contribution in [-0.2, 0) is 4.79 Å². The average Bonchev–Trinajstić information content (AvgIpc) is 2.82. The summed E-state index contributed by atoms with van der Waals surface area (Å²) in [5, 5.41) is 12.1. The SMILES string of the molecule is CC1(C)C[C@@H](NC(=O)[C@H](O)C(F)(F)F)c2cc(-c3ccc(Cl)cc3)c(-c3cc(OC(F)(F)F)ccc3Cl)nc2O1. The number of aliphatic hydroxyl groups excluding tert-OH is 1. The number of halogens is 8. The van der Waals surface area contributed by atoms with E-state index in [2.05, 4.69) is 15.0 Å². The van der Waals surface area contributed by atoms with E-state index in [9.17, 15) is 36.2 Å². The first-order valence-corrected chi connectivity index (χ1v) is 12.3. The number of fused-ring (bicyclic) bond motifs is 1. The van der Waals surface area contributed by atoms with E-state index in [-0.39, 0.29) is 34.1 Å². The number of pyridine rings is 1. The first-order valence-electron chi connectivity index (χ1n) is 11.5. The molecule has 0 aliphatic carbocycles. The van der Waals surface area contributed by atoms with Crippen molar-refractivity contribution in [1.82, 2.24) is 10.3 Å². The molecule has 0 saturated heterocycles. The zero-order valence-corrected chi connectivity index (χ0v) is 22.1. The molecule has 2 heterocycles. The molecule has 2 atom stereocenters. The second-order valence-electron chi connectivity index (χ2n) is 9.55. The fourth-order valence-electron chi connectivity index (χ4n) is 4.21. The predicted molar refractivity (Wildman–Crippen MR) is 134 cm³/mol. The fourth-order valence-corrected chi connectivity index (χ4v) is 4.55. The topological polar surface area (TPSA) is 80.7 Å². The molecule has 1 aliphatic heterocycles. The molecule has 40 heavy (non-hydrogen) atoms. The highest BCUT2D eigenvalue weighted by atomic mass is 35.5. The summed E-state index contributed by atoms with van der Waals surface area (Å²) < 4.78 is 87.7. The summed E-state index contributed by atoms with van der Waals surface area (Å²) >= 11 is 12.4. The van der Waals surface area contributed by atoms with Crippen LogP contribution in [0.4, 0.5) is 26.3 Å². The summed E-state index contributed by atoms with van der Waals surface area (Å²) in [6, 6.07) is 9.93. The Bertz CT molecular complexity index is 1430. The lowest BCUT2D eigenvalue weighted by Crippen LogP contribution is -2.48. The third-order valence-corrected chi connectivity index (χ3v) is 6.50. The Hall–Kier alpha value is -3.22. The molecule has 1 amide bonds. The number of carbonyl (C=O) groups excluding carboxylic acids is 1. The minimum absolute atomic E-state index is 0.00701. The van der Waals surface area contributed by atoms with Gasteiger partial charge in [0, 0.05) is 28.1 Å². The van der Waals surface area contributed by atoms with Crippen LogP contribution >= 0.6 is 23.2 Å². The van der Waals surface area contributed by atoms with Crippen molar-refractivity contribution in [3.05, 3.63) is 64.1 Å². The standard InChI is InChI=1S/C26H20Cl2F6N2O4/c1-24(2)11-19(35-22(38)21(37)25(29,30)31)17-10-15(12-3-5-13(27)6-4-12)20(36-23(17)40-24)16-9-14(7-8-18(16)28)39-26(32,33)34/h3-10,19,21,37H,11H2,1-2H3,(H,35,38)/t19-,21+/m1/s1. The van der Waals surface area contributed by atoms with E-state index in [1.807, 2.05) is 0 Å². The second-order valence-corrected chi connectivity index (χ2v) is 10.4. The molecule has 0 spiro atoms. The van der Waals surface area contributed by atoms with E-state index in [1.165, 1.54) is 12.1 Å². The maximum Gasteiger partial charge on any atom is 0.573 e. The van der Waals surface area contributed by atoms with Crippen LogP contribution in [0.5, 0.6) is 11.6 Å². The normalized spacial score (nSPS) is 17.4. The van der Waals surface area contributed by atoms with Crippen molar-refractivity contribution in [1.29, 1.82) is 0 Å². The summed E-state index contributed by atoms with van der Waals surface area (Å²) in [7, 11) is 0. The third kappa shape index (κ3) is 6.73. The van der Waals surface area contributed by atoms with Crippen molar-refractivity contribution in [2.45, 2.75) is 50.6 Å². The Kier molecular flexibility index (Phi) is 7.91. The van der Waals surface area contributed by atoms with Crippen LogP contribution in [0.1, 0.15) is 31.9 Å². The molecular weight excluding hydrogens is 589 g/mol. The average molecular weight is 609 g/mol. The summed E-state index contributed by atoms with van der Waals surface area (Å²) in [6.07, 6.45) is -13.4. The van der Waals surface area contributed by atoms with Crippen molar-refractivity contribution in [2.75, 3.05) is 0 Å². The number of amides is 1. The number of nitrogens with one attached hydrogen (secondary N) is 1. The molecule has 4 rings (SSSR count). The lowest BCUT2D eigenvalue weighted by molar-refractivity contribution is -0.274. The summed E-state index contributed by atoms with van der Waals surface area (Å²) in [5.41, 5.74) is -0.00765. The van der Waals surface area contributed by atoms with Crippen LogP contribution in [-0.4, -0.2) is 40.2 Å². The maximum atomic E-state index is 13.0. The summed E-state index contributed by atoms with van der Waals surface area (Å²) in [4.78, 5) is 16.8. The van der Waals surface area contributed by atoms with Crippen molar-refractivity contribution in [3.63, 3.8) is 0 Å². The molecule has 3 aromatic rings. The molecule has 1 aliphatic rings. The molecule has 214 valence electrons. The largest absolute Gasteiger partial charge is 0.573 e. The molecule has 0 bridgehead atoms. The number of ether oxygens (including phenoxy) is 2. The molecule has 14 heteroatoms. The minimum Gasteiger partial charge on any atom is -0.471 e. The van der Waals surface area contributed by atoms with Crippen LogP contribution in [0.3, 0.4) is 0 Å². The molecule has 1 aromatic heterocycles. The highest BCUT2D eigenvalue weighted by molar-refractivity contribution is 6.33. The van der Waals surface area contributed by atoms with E-state index < -0.39 is 41.9 Å². The number of hydrogen-bond donors (Lipinski definition) is 2. The molecular formula is C26H20Cl2F6N2O4. The van der Waals surface area contributed by atoms with Gasteiger partial charge in [-0.05, 0) is 55.8 Å². The van der Waals surface area contributed by atoms with Gasteiger partial charge in [0.25, 0.3) is 5.91 Å². The number of benzene rings is 2. The summed E-state index contributed by atoms with van der Waals surface area (Å²) in [6.45, 7) is 3.21. The Balaban J connectivity index is 1.91. The fraction of sp³-hybridized carbons (Fsp3) is 0.308. The van der Waals surface area contributed by atoms with Gasteiger partial charge in [0.2, 0.25) is 12.0 Å². The Morgan fingerprint density at radius 1 is 1.07 bits per heavy atom. The third-order valence-electron chi connectivity index (χ3n) is 5.92. The molecule has 6 nitrogen and oxygen atoms in total. The summed E-state index contributed by atoms with van der Waals surface area (Å²) in [5.74, 6) is -2.34. The molecule has 2 aromatic carbocycles. The zero-order valence-electron chi connectivity index (χ0n) is 20.6. The number of hydrogen-bond acceptors (Lipinski definition) is 5. The van der Waals surface area contributed by atoms with Crippen LogP contribution in [0, 0.1) is 0 Å². The molecule has 0 fully saturated rings. The first-order chi connectivity index (χ1) is 18.4. The Morgan fingerprint density at radius 3 is 2.33 bits per heavy atom. The van der Waals surface area contributed by atoms with E-state index in [0.29, 0.717) is 16.1 Å². The zero-order chi connectivity index (χ0) is 29.6. The van der Waals surface area contributed by atoms with Gasteiger partial charge in [-0.15, -0.1) is 13.2 Å². The van der Waals surface area contributed by atoms with Gasteiger partial charge in [-0.2, -0.15) is 13.2 Å². The van der Waals surface area contributed by atoms with Gasteiger partial charge in [0.1, 0.15) is 11.4 Å². The minimum atomic E-state index is -5.19. The second kappa shape index (κ2) is 10.6. The van der Waals surface area contributed by atoms with E-state index >= 15 is 0 Å². The van der Waals surface area contributed by atoms with Gasteiger partial charge >= 0.3 is 12.5 Å². The van der Waals surface area contributed by atoms with E-state index in [0.717, 1.165) is 12.1 Å². The molecule has 0 saturated carbocycles. The monoisotopic (exact) mass is 608 g/mol. The number of nitrogens with zero attached hydrogens (tertiary/aromatic N) is 1. The maximum absolute atomic E-state index is 13.0. The van der Waals surface area contributed by atoms with Crippen LogP contribution in [0.2, 0.25) is 10.0 Å². The van der Waals surface area contributed by atoms with Crippen molar-refractivity contribution in [3.8, 4) is 34.0 Å². The van der Waals surface area contributed by atoms with Gasteiger partial charge in [-0.1, -0.05) is 35.3 Å². The number of aliphatic hydroxyl groups is 1. The highest BCUT2D eigenvalue weighted by Crippen LogP contribution is 2.45. The van der Waals surface area contributed by atoms with Crippen LogP contribution in [0.25, 0.3) is 22.4 Å². The number of alkyl halides is 6. The molecule has 0 unspecified atom stereocenters. The van der Waals surface area contributed by atoms with Gasteiger partial charge in [0.05, 0.1) is 16.8 Å². The number of carbonyl (C=O) groups is 1. The number of rotatable bonds is 5.